The fraction of sp³-hybridized carbons (Fsp3) is 0.562. The zero-order chi connectivity index (χ0) is 13.8. The van der Waals surface area contributed by atoms with Crippen molar-refractivity contribution in [2.45, 2.75) is 52.0 Å². The lowest BCUT2D eigenvalue weighted by Gasteiger charge is -2.34. The van der Waals surface area contributed by atoms with Crippen molar-refractivity contribution in [3.63, 3.8) is 0 Å². The molecule has 3 heteroatoms. The van der Waals surface area contributed by atoms with E-state index in [0.717, 1.165) is 30.5 Å². The number of carbonyl (C=O) groups excluding carboxylic acids is 1. The number of nitrogens with zero attached hydrogens (tertiary/aromatic N) is 1. The zero-order valence-corrected chi connectivity index (χ0v) is 12.0. The van der Waals surface area contributed by atoms with Crippen molar-refractivity contribution in [3.8, 4) is 0 Å². The minimum absolute atomic E-state index is 0.138. The van der Waals surface area contributed by atoms with E-state index < -0.39 is 0 Å². The first-order valence-electron chi connectivity index (χ1n) is 7.31. The predicted octanol–water partition coefficient (Wildman–Crippen LogP) is 3.37. The molecule has 1 aliphatic rings. The Morgan fingerprint density at radius 3 is 2.63 bits per heavy atom. The van der Waals surface area contributed by atoms with Crippen molar-refractivity contribution in [2.24, 2.45) is 0 Å². The molecule has 1 aromatic carbocycles. The molecule has 1 saturated carbocycles. The van der Waals surface area contributed by atoms with Gasteiger partial charge < -0.3 is 10.6 Å². The Hall–Kier alpha value is -1.51. The van der Waals surface area contributed by atoms with Gasteiger partial charge in [0, 0.05) is 23.8 Å². The Morgan fingerprint density at radius 2 is 2.00 bits per heavy atom. The molecule has 3 nitrogen and oxygen atoms in total. The molecule has 0 bridgehead atoms. The number of nitrogens with two attached hydrogens (primary N) is 1. The summed E-state index contributed by atoms with van der Waals surface area (Å²) in [5.41, 5.74) is 8.27. The molecule has 0 heterocycles. The Kier molecular flexibility index (Phi) is 4.46. The van der Waals surface area contributed by atoms with E-state index in [1.165, 1.54) is 19.3 Å². The number of nitrogen functional groups attached to an aromatic ring is 1. The first-order chi connectivity index (χ1) is 9.15. The third kappa shape index (κ3) is 2.91. The summed E-state index contributed by atoms with van der Waals surface area (Å²) in [5.74, 6) is 0.138. The van der Waals surface area contributed by atoms with Crippen LogP contribution in [0.25, 0.3) is 0 Å². The number of benzene rings is 1. The lowest BCUT2D eigenvalue weighted by atomic mass is 9.93. The molecule has 1 aliphatic carbocycles. The van der Waals surface area contributed by atoms with Crippen LogP contribution in [0.5, 0.6) is 0 Å². The average molecular weight is 260 g/mol. The van der Waals surface area contributed by atoms with Crippen LogP contribution in [0.15, 0.2) is 18.2 Å². The topological polar surface area (TPSA) is 46.3 Å². The second-order valence-corrected chi connectivity index (χ2v) is 5.40. The highest BCUT2D eigenvalue weighted by Gasteiger charge is 2.25. The van der Waals surface area contributed by atoms with Crippen molar-refractivity contribution in [1.82, 2.24) is 4.90 Å². The largest absolute Gasteiger partial charge is 0.398 e. The summed E-state index contributed by atoms with van der Waals surface area (Å²) in [7, 11) is 0. The van der Waals surface area contributed by atoms with Gasteiger partial charge in [-0.1, -0.05) is 25.3 Å². The quantitative estimate of drug-likeness (QED) is 0.847. The Labute approximate surface area is 115 Å². The predicted molar refractivity (Wildman–Crippen MR) is 79.2 cm³/mol. The van der Waals surface area contributed by atoms with Crippen molar-refractivity contribution < 1.29 is 4.79 Å². The maximum absolute atomic E-state index is 12.7. The molecule has 2 rings (SSSR count). The summed E-state index contributed by atoms with van der Waals surface area (Å²) < 4.78 is 0. The molecule has 0 atom stereocenters. The van der Waals surface area contributed by atoms with E-state index in [9.17, 15) is 4.79 Å². The SMILES string of the molecule is CCN(C(=O)c1cccc(N)c1C)C1CCCCC1. The molecule has 1 fully saturated rings. The minimum Gasteiger partial charge on any atom is -0.398 e. The molecule has 0 unspecified atom stereocenters. The zero-order valence-electron chi connectivity index (χ0n) is 12.0. The summed E-state index contributed by atoms with van der Waals surface area (Å²) in [4.78, 5) is 14.7. The van der Waals surface area contributed by atoms with E-state index in [0.29, 0.717) is 11.7 Å². The van der Waals surface area contributed by atoms with Gasteiger partial charge in [-0.15, -0.1) is 0 Å². The molecular weight excluding hydrogens is 236 g/mol. The van der Waals surface area contributed by atoms with Gasteiger partial charge in [-0.2, -0.15) is 0 Å². The van der Waals surface area contributed by atoms with Gasteiger partial charge >= 0.3 is 0 Å². The van der Waals surface area contributed by atoms with Crippen LogP contribution in [0.2, 0.25) is 0 Å². The van der Waals surface area contributed by atoms with Crippen molar-refractivity contribution in [2.75, 3.05) is 12.3 Å². The van der Waals surface area contributed by atoms with Gasteiger partial charge in [0.1, 0.15) is 0 Å². The number of hydrogen-bond acceptors (Lipinski definition) is 2. The number of carbonyl (C=O) groups is 1. The van der Waals surface area contributed by atoms with E-state index in [1.54, 1.807) is 0 Å². The van der Waals surface area contributed by atoms with E-state index in [-0.39, 0.29) is 5.91 Å². The summed E-state index contributed by atoms with van der Waals surface area (Å²) in [6, 6.07) is 6.01. The molecule has 0 spiro atoms. The normalized spacial score (nSPS) is 16.3. The van der Waals surface area contributed by atoms with E-state index in [4.69, 9.17) is 5.73 Å². The Bertz CT molecular complexity index is 450. The van der Waals surface area contributed by atoms with Crippen LogP contribution in [0.1, 0.15) is 54.9 Å². The van der Waals surface area contributed by atoms with E-state index >= 15 is 0 Å². The third-order valence-electron chi connectivity index (χ3n) is 4.22. The summed E-state index contributed by atoms with van der Waals surface area (Å²) in [6.45, 7) is 4.77. The molecule has 1 aromatic rings. The summed E-state index contributed by atoms with van der Waals surface area (Å²) in [5, 5.41) is 0. The van der Waals surface area contributed by atoms with Gasteiger partial charge in [-0.25, -0.2) is 0 Å². The van der Waals surface area contributed by atoms with Crippen LogP contribution in [0.4, 0.5) is 5.69 Å². The van der Waals surface area contributed by atoms with Gasteiger partial charge in [0.2, 0.25) is 0 Å². The van der Waals surface area contributed by atoms with Gasteiger partial charge in [-0.05, 0) is 44.4 Å². The first-order valence-corrected chi connectivity index (χ1v) is 7.31. The van der Waals surface area contributed by atoms with Crippen LogP contribution in [0.3, 0.4) is 0 Å². The van der Waals surface area contributed by atoms with E-state index in [1.807, 2.05) is 30.0 Å². The smallest absolute Gasteiger partial charge is 0.254 e. The summed E-state index contributed by atoms with van der Waals surface area (Å²) >= 11 is 0. The maximum Gasteiger partial charge on any atom is 0.254 e. The molecule has 104 valence electrons. The molecule has 1 amide bonds. The highest BCUT2D eigenvalue weighted by Crippen LogP contribution is 2.25. The van der Waals surface area contributed by atoms with Crippen LogP contribution in [-0.2, 0) is 0 Å². The lowest BCUT2D eigenvalue weighted by Crippen LogP contribution is -2.41. The number of anilines is 1. The highest BCUT2D eigenvalue weighted by atomic mass is 16.2. The Morgan fingerprint density at radius 1 is 1.32 bits per heavy atom. The lowest BCUT2D eigenvalue weighted by molar-refractivity contribution is 0.0647. The average Bonchev–Trinajstić information content (AvgIpc) is 2.44. The van der Waals surface area contributed by atoms with Crippen LogP contribution >= 0.6 is 0 Å². The fourth-order valence-electron chi connectivity index (χ4n) is 3.00. The molecular formula is C16H24N2O. The number of rotatable bonds is 3. The number of hydrogen-bond donors (Lipinski definition) is 1. The molecule has 0 aromatic heterocycles. The second kappa shape index (κ2) is 6.09. The van der Waals surface area contributed by atoms with E-state index in [2.05, 4.69) is 6.92 Å². The third-order valence-corrected chi connectivity index (χ3v) is 4.22. The van der Waals surface area contributed by atoms with Gasteiger partial charge in [-0.3, -0.25) is 4.79 Å². The maximum atomic E-state index is 12.7. The van der Waals surface area contributed by atoms with Crippen LogP contribution in [-0.4, -0.2) is 23.4 Å². The van der Waals surface area contributed by atoms with Crippen molar-refractivity contribution in [3.05, 3.63) is 29.3 Å². The second-order valence-electron chi connectivity index (χ2n) is 5.40. The highest BCUT2D eigenvalue weighted by molar-refractivity contribution is 5.97. The van der Waals surface area contributed by atoms with Gasteiger partial charge in [0.25, 0.3) is 5.91 Å². The van der Waals surface area contributed by atoms with Crippen molar-refractivity contribution in [1.29, 1.82) is 0 Å². The van der Waals surface area contributed by atoms with Crippen LogP contribution < -0.4 is 5.73 Å². The fourth-order valence-corrected chi connectivity index (χ4v) is 3.00. The molecule has 0 saturated heterocycles. The van der Waals surface area contributed by atoms with Gasteiger partial charge in [0.15, 0.2) is 0 Å². The van der Waals surface area contributed by atoms with Crippen molar-refractivity contribution >= 4 is 11.6 Å². The molecule has 2 N–H and O–H groups in total. The first kappa shape index (κ1) is 13.9. The monoisotopic (exact) mass is 260 g/mol. The summed E-state index contributed by atoms with van der Waals surface area (Å²) in [6.07, 6.45) is 6.07. The minimum atomic E-state index is 0.138. The Balaban J connectivity index is 2.22. The van der Waals surface area contributed by atoms with Gasteiger partial charge in [0.05, 0.1) is 0 Å². The van der Waals surface area contributed by atoms with Crippen LogP contribution in [0, 0.1) is 6.92 Å². The molecule has 0 radical (unpaired) electrons. The molecule has 0 aliphatic heterocycles. The molecule has 19 heavy (non-hydrogen) atoms. The standard InChI is InChI=1S/C16H24N2O/c1-3-18(13-8-5-4-6-9-13)16(19)14-10-7-11-15(17)12(14)2/h7,10-11,13H,3-6,8-9,17H2,1-2H3. The number of amides is 1.